The molecule has 2 aromatic carbocycles. The van der Waals surface area contributed by atoms with E-state index in [0.29, 0.717) is 16.4 Å². The molecule has 0 spiro atoms. The number of ether oxygens (including phenoxy) is 1. The molecule has 30 heavy (non-hydrogen) atoms. The molecule has 0 aliphatic rings. The van der Waals surface area contributed by atoms with E-state index in [1.807, 2.05) is 6.92 Å². The number of amides is 3. The van der Waals surface area contributed by atoms with Crippen LogP contribution in [0.5, 0.6) is 5.75 Å². The number of benzene rings is 2. The van der Waals surface area contributed by atoms with E-state index < -0.39 is 12.6 Å². The molecular formula is C20H18F2N4O3S. The molecule has 10 heteroatoms. The number of primary amides is 1. The van der Waals surface area contributed by atoms with Gasteiger partial charge < -0.3 is 15.8 Å². The number of nitrogens with two attached hydrogens (primary N) is 1. The number of carbonyl (C=O) groups excluding carboxylic acids is 2. The number of alkyl halides is 2. The number of halogens is 2. The molecular weight excluding hydrogens is 414 g/mol. The van der Waals surface area contributed by atoms with E-state index in [1.165, 1.54) is 23.5 Å². The number of thiazole rings is 1. The highest BCUT2D eigenvalue weighted by Crippen LogP contribution is 2.31. The van der Waals surface area contributed by atoms with Gasteiger partial charge in [0.25, 0.3) is 5.91 Å². The summed E-state index contributed by atoms with van der Waals surface area (Å²) in [6.45, 7) is -0.757. The number of hydrogen-bond donors (Lipinski definition) is 3. The number of aromatic nitrogens is 1. The van der Waals surface area contributed by atoms with Gasteiger partial charge in [0.15, 0.2) is 5.13 Å². The van der Waals surface area contributed by atoms with Gasteiger partial charge in [-0.2, -0.15) is 8.78 Å². The van der Waals surface area contributed by atoms with Gasteiger partial charge in [0, 0.05) is 22.5 Å². The van der Waals surface area contributed by atoms with Crippen LogP contribution in [0.4, 0.5) is 18.7 Å². The van der Waals surface area contributed by atoms with Crippen molar-refractivity contribution in [3.05, 3.63) is 64.5 Å². The molecule has 3 aromatic rings. The Morgan fingerprint density at radius 1 is 1.13 bits per heavy atom. The van der Waals surface area contributed by atoms with Crippen LogP contribution in [0.1, 0.15) is 20.8 Å². The van der Waals surface area contributed by atoms with Crippen LogP contribution < -0.4 is 21.1 Å². The molecule has 7 nitrogen and oxygen atoms in total. The summed E-state index contributed by atoms with van der Waals surface area (Å²) in [6, 6.07) is 12.2. The van der Waals surface area contributed by atoms with E-state index in [9.17, 15) is 18.4 Å². The maximum atomic E-state index is 12.5. The van der Waals surface area contributed by atoms with Crippen molar-refractivity contribution < 1.29 is 23.1 Å². The van der Waals surface area contributed by atoms with Gasteiger partial charge in [-0.15, -0.1) is 11.3 Å². The Balaban J connectivity index is 1.67. The molecule has 0 unspecified atom stereocenters. The average molecular weight is 432 g/mol. The zero-order valence-electron chi connectivity index (χ0n) is 15.8. The lowest BCUT2D eigenvalue weighted by Crippen LogP contribution is -2.28. The van der Waals surface area contributed by atoms with Crippen LogP contribution in [-0.2, 0) is 6.54 Å². The summed E-state index contributed by atoms with van der Waals surface area (Å²) in [4.78, 5) is 28.5. The standard InChI is InChI=1S/C20H18F2N4O3S/c1-11-16(13-6-8-15(9-7-13)29-18(21)22)25-20(30-11)26-17(27)14-4-2-12(3-5-14)10-24-19(23)28/h2-9,18H,10H2,1H3,(H3,23,24,28)(H,25,26,27). The molecule has 0 saturated carbocycles. The van der Waals surface area contributed by atoms with E-state index in [-0.39, 0.29) is 18.2 Å². The van der Waals surface area contributed by atoms with Gasteiger partial charge in [-0.1, -0.05) is 12.1 Å². The van der Waals surface area contributed by atoms with Crippen LogP contribution in [0.2, 0.25) is 0 Å². The van der Waals surface area contributed by atoms with Crippen molar-refractivity contribution in [3.63, 3.8) is 0 Å². The van der Waals surface area contributed by atoms with Gasteiger partial charge in [-0.25, -0.2) is 9.78 Å². The normalized spacial score (nSPS) is 10.7. The lowest BCUT2D eigenvalue weighted by molar-refractivity contribution is -0.0498. The summed E-state index contributed by atoms with van der Waals surface area (Å²) >= 11 is 1.31. The number of rotatable bonds is 7. The predicted molar refractivity (Wildman–Crippen MR) is 110 cm³/mol. The quantitative estimate of drug-likeness (QED) is 0.522. The van der Waals surface area contributed by atoms with E-state index in [4.69, 9.17) is 5.73 Å². The van der Waals surface area contributed by atoms with E-state index in [0.717, 1.165) is 16.0 Å². The largest absolute Gasteiger partial charge is 0.435 e. The van der Waals surface area contributed by atoms with Crippen LogP contribution in [0.3, 0.4) is 0 Å². The van der Waals surface area contributed by atoms with Crippen LogP contribution >= 0.6 is 11.3 Å². The maximum absolute atomic E-state index is 12.5. The van der Waals surface area contributed by atoms with Crippen molar-refractivity contribution in [2.45, 2.75) is 20.1 Å². The summed E-state index contributed by atoms with van der Waals surface area (Å²) in [6.07, 6.45) is 0. The molecule has 0 bridgehead atoms. The maximum Gasteiger partial charge on any atom is 0.387 e. The highest BCUT2D eigenvalue weighted by molar-refractivity contribution is 7.16. The van der Waals surface area contributed by atoms with Gasteiger partial charge >= 0.3 is 12.6 Å². The first-order chi connectivity index (χ1) is 14.3. The first-order valence-corrected chi connectivity index (χ1v) is 9.59. The molecule has 3 amide bonds. The highest BCUT2D eigenvalue weighted by Gasteiger charge is 2.14. The van der Waals surface area contributed by atoms with E-state index in [2.05, 4.69) is 20.4 Å². The Hall–Kier alpha value is -3.53. The molecule has 0 radical (unpaired) electrons. The molecule has 0 saturated heterocycles. The van der Waals surface area contributed by atoms with Gasteiger partial charge in [-0.3, -0.25) is 10.1 Å². The lowest BCUT2D eigenvalue weighted by Gasteiger charge is -2.05. The fourth-order valence-electron chi connectivity index (χ4n) is 2.64. The van der Waals surface area contributed by atoms with Gasteiger partial charge in [0.2, 0.25) is 0 Å². The van der Waals surface area contributed by atoms with Crippen molar-refractivity contribution in [1.82, 2.24) is 10.3 Å². The Morgan fingerprint density at radius 3 is 2.40 bits per heavy atom. The fourth-order valence-corrected chi connectivity index (χ4v) is 3.48. The molecule has 4 N–H and O–H groups in total. The molecule has 0 aliphatic heterocycles. The molecule has 156 valence electrons. The number of nitrogens with zero attached hydrogens (tertiary/aromatic N) is 1. The fraction of sp³-hybridized carbons (Fsp3) is 0.150. The summed E-state index contributed by atoms with van der Waals surface area (Å²) in [5, 5.41) is 5.64. The topological polar surface area (TPSA) is 106 Å². The third kappa shape index (κ3) is 5.51. The van der Waals surface area contributed by atoms with Crippen molar-refractivity contribution in [2.75, 3.05) is 5.32 Å². The SMILES string of the molecule is Cc1sc(NC(=O)c2ccc(CNC(N)=O)cc2)nc1-c1ccc(OC(F)F)cc1. The molecule has 1 aromatic heterocycles. The Kier molecular flexibility index (Phi) is 6.58. The molecule has 0 fully saturated rings. The summed E-state index contributed by atoms with van der Waals surface area (Å²) in [7, 11) is 0. The Labute approximate surface area is 174 Å². The molecule has 0 atom stereocenters. The van der Waals surface area contributed by atoms with Crippen molar-refractivity contribution in [2.24, 2.45) is 5.73 Å². The number of anilines is 1. The van der Waals surface area contributed by atoms with E-state index in [1.54, 1.807) is 36.4 Å². The predicted octanol–water partition coefficient (Wildman–Crippen LogP) is 4.14. The third-order valence-corrected chi connectivity index (χ3v) is 4.94. The second kappa shape index (κ2) is 9.31. The second-order valence-electron chi connectivity index (χ2n) is 6.20. The first-order valence-electron chi connectivity index (χ1n) is 8.78. The number of carbonyl (C=O) groups is 2. The van der Waals surface area contributed by atoms with Crippen molar-refractivity contribution in [1.29, 1.82) is 0 Å². The smallest absolute Gasteiger partial charge is 0.387 e. The number of urea groups is 1. The molecule has 1 heterocycles. The average Bonchev–Trinajstić information content (AvgIpc) is 3.07. The summed E-state index contributed by atoms with van der Waals surface area (Å²) < 4.78 is 28.9. The molecule has 3 rings (SSSR count). The third-order valence-electron chi connectivity index (χ3n) is 4.05. The van der Waals surface area contributed by atoms with Gasteiger partial charge in [0.05, 0.1) is 5.69 Å². The highest BCUT2D eigenvalue weighted by atomic mass is 32.1. The van der Waals surface area contributed by atoms with Crippen LogP contribution in [0, 0.1) is 6.92 Å². The Morgan fingerprint density at radius 2 is 1.80 bits per heavy atom. The minimum absolute atomic E-state index is 0.0598. The summed E-state index contributed by atoms with van der Waals surface area (Å²) in [5.74, 6) is -0.268. The number of aryl methyl sites for hydroxylation is 1. The Bertz CT molecular complexity index is 1040. The van der Waals surface area contributed by atoms with Gasteiger partial charge in [-0.05, 0) is 48.9 Å². The minimum atomic E-state index is -2.88. The second-order valence-corrected chi connectivity index (χ2v) is 7.40. The lowest BCUT2D eigenvalue weighted by atomic mass is 10.1. The zero-order chi connectivity index (χ0) is 21.7. The summed E-state index contributed by atoms with van der Waals surface area (Å²) in [5.41, 5.74) is 7.63. The molecule has 0 aliphatic carbocycles. The monoisotopic (exact) mass is 432 g/mol. The zero-order valence-corrected chi connectivity index (χ0v) is 16.6. The van der Waals surface area contributed by atoms with Crippen LogP contribution in [-0.4, -0.2) is 23.5 Å². The number of hydrogen-bond acceptors (Lipinski definition) is 5. The van der Waals surface area contributed by atoms with Crippen LogP contribution in [0.25, 0.3) is 11.3 Å². The van der Waals surface area contributed by atoms with Gasteiger partial charge in [0.1, 0.15) is 5.75 Å². The first kappa shape index (κ1) is 21.2. The number of nitrogens with one attached hydrogen (secondary N) is 2. The van der Waals surface area contributed by atoms with Crippen LogP contribution in [0.15, 0.2) is 48.5 Å². The van der Waals surface area contributed by atoms with Crippen molar-refractivity contribution in [3.8, 4) is 17.0 Å². The minimum Gasteiger partial charge on any atom is -0.435 e. The van der Waals surface area contributed by atoms with E-state index >= 15 is 0 Å². The van der Waals surface area contributed by atoms with Crippen molar-refractivity contribution >= 4 is 28.4 Å².